The highest BCUT2D eigenvalue weighted by Gasteiger charge is 1.99. The van der Waals surface area contributed by atoms with Gasteiger partial charge in [0.25, 0.3) is 0 Å². The van der Waals surface area contributed by atoms with Crippen LogP contribution in [-0.4, -0.2) is 41.6 Å². The van der Waals surface area contributed by atoms with Crippen LogP contribution in [0.3, 0.4) is 0 Å². The summed E-state index contributed by atoms with van der Waals surface area (Å²) in [5, 5.41) is 10.1. The standard InChI is InChI=1S/C9H11NO2.C4H7N5.C2H6.CH4O/c11-7-10-8-12-6-9-4-2-1-3-5-9;5-1-3-4(9-6)8-2-7-3;2*1-2/h2,4-5H,1,3,6,8H2;2,6H,1,5H2,(H,7,8);1-2H3;2H,1H3. The van der Waals surface area contributed by atoms with Gasteiger partial charge in [-0.2, -0.15) is 4.99 Å². The molecule has 5 N–H and O–H groups in total. The van der Waals surface area contributed by atoms with E-state index in [4.69, 9.17) is 21.1 Å². The number of carbonyl (C=O) groups excluding carboxylic acids is 1. The molecule has 9 nitrogen and oxygen atoms in total. The van der Waals surface area contributed by atoms with E-state index in [1.165, 1.54) is 12.4 Å². The molecular formula is C16H28N6O3. The Kier molecular flexibility index (Phi) is 19.4. The normalized spacial score (nSPS) is 11.2. The summed E-state index contributed by atoms with van der Waals surface area (Å²) in [5.74, 6) is 0.373. The summed E-state index contributed by atoms with van der Waals surface area (Å²) in [5.41, 5.74) is 13.7. The molecule has 1 aliphatic rings. The molecule has 0 amide bonds. The van der Waals surface area contributed by atoms with Gasteiger partial charge >= 0.3 is 0 Å². The van der Waals surface area contributed by atoms with Gasteiger partial charge < -0.3 is 20.6 Å². The third-order valence-electron chi connectivity index (χ3n) is 2.57. The van der Waals surface area contributed by atoms with Crippen LogP contribution in [0.4, 0.5) is 5.82 Å². The first kappa shape index (κ1) is 24.8. The number of hydrogen-bond acceptors (Lipinski definition) is 8. The highest BCUT2D eigenvalue weighted by Crippen LogP contribution is 2.10. The van der Waals surface area contributed by atoms with E-state index in [0.717, 1.165) is 25.5 Å². The maximum absolute atomic E-state index is 9.66. The number of H-pyrrole nitrogens is 1. The second-order valence-electron chi connectivity index (χ2n) is 4.01. The number of hydrogen-bond donors (Lipinski definition) is 4. The van der Waals surface area contributed by atoms with Crippen molar-refractivity contribution in [2.24, 2.45) is 15.8 Å². The topological polar surface area (TPSA) is 150 Å². The van der Waals surface area contributed by atoms with Crippen LogP contribution in [0, 0.1) is 5.53 Å². The van der Waals surface area contributed by atoms with Crippen LogP contribution >= 0.6 is 0 Å². The average Bonchev–Trinajstić information content (AvgIpc) is 3.18. The van der Waals surface area contributed by atoms with E-state index in [1.807, 2.05) is 19.9 Å². The van der Waals surface area contributed by atoms with Crippen LogP contribution in [0.5, 0.6) is 0 Å². The zero-order valence-electron chi connectivity index (χ0n) is 15.0. The van der Waals surface area contributed by atoms with Crippen molar-refractivity contribution in [3.05, 3.63) is 35.8 Å². The van der Waals surface area contributed by atoms with E-state index in [-0.39, 0.29) is 6.73 Å². The summed E-state index contributed by atoms with van der Waals surface area (Å²) >= 11 is 0. The van der Waals surface area contributed by atoms with Gasteiger partial charge in [0, 0.05) is 13.7 Å². The van der Waals surface area contributed by atoms with Crippen LogP contribution in [0.15, 0.2) is 40.2 Å². The molecule has 0 spiro atoms. The molecule has 0 bridgehead atoms. The molecule has 0 radical (unpaired) electrons. The number of nitrogens with two attached hydrogens (primary N) is 1. The summed E-state index contributed by atoms with van der Waals surface area (Å²) < 4.78 is 5.06. The number of isocyanates is 1. The molecule has 1 heterocycles. The molecule has 1 aromatic heterocycles. The van der Waals surface area contributed by atoms with Crippen LogP contribution in [0.2, 0.25) is 0 Å². The van der Waals surface area contributed by atoms with Gasteiger partial charge in [-0.25, -0.2) is 15.3 Å². The molecule has 0 saturated heterocycles. The van der Waals surface area contributed by atoms with E-state index in [9.17, 15) is 4.79 Å². The van der Waals surface area contributed by atoms with E-state index in [0.29, 0.717) is 24.7 Å². The minimum Gasteiger partial charge on any atom is -0.400 e. The molecule has 1 aliphatic carbocycles. The van der Waals surface area contributed by atoms with Crippen molar-refractivity contribution < 1.29 is 14.6 Å². The minimum absolute atomic E-state index is 0.106. The van der Waals surface area contributed by atoms with Gasteiger partial charge in [-0.3, -0.25) is 0 Å². The van der Waals surface area contributed by atoms with Crippen LogP contribution < -0.4 is 5.73 Å². The minimum atomic E-state index is 0.106. The van der Waals surface area contributed by atoms with Gasteiger partial charge in [-0.15, -0.1) is 5.11 Å². The SMILES string of the molecule is CC.CO.N=Nc1nc[nH]c1CN.O=C=NCOCC1=CCCC=C1. The first-order valence-corrected chi connectivity index (χ1v) is 7.83. The lowest BCUT2D eigenvalue weighted by Gasteiger charge is -2.05. The third-order valence-corrected chi connectivity index (χ3v) is 2.57. The Morgan fingerprint density at radius 3 is 2.64 bits per heavy atom. The van der Waals surface area contributed by atoms with Gasteiger partial charge in [0.15, 0.2) is 5.82 Å². The van der Waals surface area contributed by atoms with E-state index >= 15 is 0 Å². The maximum atomic E-state index is 9.66. The Morgan fingerprint density at radius 1 is 1.44 bits per heavy atom. The van der Waals surface area contributed by atoms with E-state index < -0.39 is 0 Å². The van der Waals surface area contributed by atoms with E-state index in [2.05, 4.69) is 32.2 Å². The Morgan fingerprint density at radius 2 is 2.16 bits per heavy atom. The zero-order valence-corrected chi connectivity index (χ0v) is 15.0. The Labute approximate surface area is 148 Å². The Hall–Kier alpha value is -2.45. The smallest absolute Gasteiger partial charge is 0.237 e. The van der Waals surface area contributed by atoms with Crippen molar-refractivity contribution in [1.29, 1.82) is 5.53 Å². The third kappa shape index (κ3) is 12.6. The Bertz CT molecular complexity index is 548. The van der Waals surface area contributed by atoms with Crippen molar-refractivity contribution in [2.45, 2.75) is 33.2 Å². The first-order valence-electron chi connectivity index (χ1n) is 7.83. The number of aliphatic hydroxyl groups is 1. The fraction of sp³-hybridized carbons (Fsp3) is 0.500. The predicted octanol–water partition coefficient (Wildman–Crippen LogP) is 2.74. The summed E-state index contributed by atoms with van der Waals surface area (Å²) in [6, 6.07) is 0. The molecule has 0 aliphatic heterocycles. The number of allylic oxidation sites excluding steroid dienone is 2. The molecule has 140 valence electrons. The highest BCUT2D eigenvalue weighted by molar-refractivity contribution is 5.32. The molecule has 25 heavy (non-hydrogen) atoms. The fourth-order valence-electron chi connectivity index (χ4n) is 1.57. The van der Waals surface area contributed by atoms with Gasteiger partial charge in [0.05, 0.1) is 18.6 Å². The lowest BCUT2D eigenvalue weighted by Crippen LogP contribution is -1.98. The number of imidazole rings is 1. The number of ether oxygens (including phenoxy) is 1. The number of rotatable bonds is 6. The first-order chi connectivity index (χ1) is 12.3. The summed E-state index contributed by atoms with van der Waals surface area (Å²) in [6.07, 6.45) is 11.3. The zero-order chi connectivity index (χ0) is 19.3. The lowest BCUT2D eigenvalue weighted by molar-refractivity contribution is 0.166. The summed E-state index contributed by atoms with van der Waals surface area (Å²) in [7, 11) is 1.00. The number of aromatic amines is 1. The number of aliphatic hydroxyl groups excluding tert-OH is 1. The van der Waals surface area contributed by atoms with Gasteiger partial charge in [-0.05, 0) is 18.4 Å². The maximum Gasteiger partial charge on any atom is 0.237 e. The largest absolute Gasteiger partial charge is 0.400 e. The van der Waals surface area contributed by atoms with Crippen LogP contribution in [0.1, 0.15) is 32.4 Å². The molecule has 0 aromatic carbocycles. The quantitative estimate of drug-likeness (QED) is 0.269. The van der Waals surface area contributed by atoms with Crippen LogP contribution in [-0.2, 0) is 16.1 Å². The molecule has 2 rings (SSSR count). The second kappa shape index (κ2) is 19.6. The molecule has 0 atom stereocenters. The molecule has 9 heteroatoms. The van der Waals surface area contributed by atoms with Crippen molar-refractivity contribution in [3.63, 3.8) is 0 Å². The Balaban J connectivity index is 0. The molecule has 1 aromatic rings. The molecule has 0 saturated carbocycles. The number of nitrogens with one attached hydrogen (secondary N) is 2. The molecular weight excluding hydrogens is 324 g/mol. The number of aromatic nitrogens is 2. The summed E-state index contributed by atoms with van der Waals surface area (Å²) in [6.45, 7) is 4.98. The fourth-order valence-corrected chi connectivity index (χ4v) is 1.57. The van der Waals surface area contributed by atoms with Gasteiger partial charge in [-0.1, -0.05) is 32.1 Å². The predicted molar refractivity (Wildman–Crippen MR) is 96.2 cm³/mol. The van der Waals surface area contributed by atoms with Gasteiger partial charge in [0.2, 0.25) is 6.08 Å². The van der Waals surface area contributed by atoms with Crippen molar-refractivity contribution >= 4 is 11.9 Å². The van der Waals surface area contributed by atoms with Crippen LogP contribution in [0.25, 0.3) is 0 Å². The van der Waals surface area contributed by atoms with Crippen molar-refractivity contribution in [2.75, 3.05) is 20.4 Å². The second-order valence-corrected chi connectivity index (χ2v) is 4.01. The van der Waals surface area contributed by atoms with Gasteiger partial charge in [0.1, 0.15) is 6.73 Å². The van der Waals surface area contributed by atoms with Crippen molar-refractivity contribution in [3.8, 4) is 0 Å². The summed E-state index contributed by atoms with van der Waals surface area (Å²) in [4.78, 5) is 19.4. The monoisotopic (exact) mass is 352 g/mol. The highest BCUT2D eigenvalue weighted by atomic mass is 16.5. The lowest BCUT2D eigenvalue weighted by atomic mass is 10.1. The number of nitrogens with zero attached hydrogens (tertiary/aromatic N) is 3. The van der Waals surface area contributed by atoms with E-state index in [1.54, 1.807) is 0 Å². The number of aliphatic imine (C=N–C) groups is 1. The average molecular weight is 352 g/mol. The molecule has 0 unspecified atom stereocenters. The molecule has 0 fully saturated rings. The van der Waals surface area contributed by atoms with Crippen molar-refractivity contribution in [1.82, 2.24) is 9.97 Å².